The van der Waals surface area contributed by atoms with E-state index in [0.717, 1.165) is 18.8 Å². The number of aliphatic carboxylic acids is 1. The average Bonchev–Trinajstić information content (AvgIpc) is 2.34. The van der Waals surface area contributed by atoms with Crippen LogP contribution in [0.3, 0.4) is 0 Å². The van der Waals surface area contributed by atoms with Gasteiger partial charge in [0.05, 0.1) is 6.54 Å². The molecule has 0 aromatic carbocycles. The van der Waals surface area contributed by atoms with Gasteiger partial charge in [0.1, 0.15) is 0 Å². The molecule has 118 valence electrons. The summed E-state index contributed by atoms with van der Waals surface area (Å²) in [5.41, 5.74) is 0.348. The lowest BCUT2D eigenvalue weighted by atomic mass is 9.68. The van der Waals surface area contributed by atoms with E-state index in [1.807, 2.05) is 0 Å². The third-order valence-electron chi connectivity index (χ3n) is 5.32. The summed E-state index contributed by atoms with van der Waals surface area (Å²) in [6.07, 6.45) is 5.97. The molecule has 0 atom stereocenters. The Morgan fingerprint density at radius 3 is 1.95 bits per heavy atom. The van der Waals surface area contributed by atoms with Crippen molar-refractivity contribution in [2.45, 2.75) is 85.2 Å². The van der Waals surface area contributed by atoms with Gasteiger partial charge in [0.25, 0.3) is 0 Å². The lowest BCUT2D eigenvalue weighted by Gasteiger charge is -2.46. The normalized spacial score (nSPS) is 24.9. The molecule has 0 unspecified atom stereocenters. The summed E-state index contributed by atoms with van der Waals surface area (Å²) in [7, 11) is 0. The number of carbonyl (C=O) groups is 1. The molecule has 0 saturated heterocycles. The summed E-state index contributed by atoms with van der Waals surface area (Å²) < 4.78 is 0. The molecule has 1 N–H and O–H groups in total. The van der Waals surface area contributed by atoms with E-state index in [1.165, 1.54) is 19.3 Å². The highest BCUT2D eigenvalue weighted by molar-refractivity contribution is 5.69. The topological polar surface area (TPSA) is 40.5 Å². The standard InChI is InChI=1S/C17H33NO2/c1-7-17(5,6)13-8-10-14(11-9-13)18(12-15(19)20)16(2,3)4/h13-14H,7-12H2,1-6H3,(H,19,20). The van der Waals surface area contributed by atoms with Crippen molar-refractivity contribution in [3.8, 4) is 0 Å². The van der Waals surface area contributed by atoms with Crippen molar-refractivity contribution in [1.29, 1.82) is 0 Å². The number of rotatable bonds is 5. The van der Waals surface area contributed by atoms with E-state index in [1.54, 1.807) is 0 Å². The minimum Gasteiger partial charge on any atom is -0.480 e. The molecule has 0 spiro atoms. The van der Waals surface area contributed by atoms with Crippen LogP contribution < -0.4 is 0 Å². The molecule has 1 aliphatic rings. The van der Waals surface area contributed by atoms with Gasteiger partial charge in [-0.05, 0) is 57.8 Å². The lowest BCUT2D eigenvalue weighted by molar-refractivity contribution is -0.141. The Morgan fingerprint density at radius 1 is 1.10 bits per heavy atom. The van der Waals surface area contributed by atoms with Crippen LogP contribution >= 0.6 is 0 Å². The zero-order valence-corrected chi connectivity index (χ0v) is 14.2. The van der Waals surface area contributed by atoms with E-state index in [2.05, 4.69) is 46.4 Å². The van der Waals surface area contributed by atoms with Crippen LogP contribution in [0, 0.1) is 11.3 Å². The number of carboxylic acids is 1. The summed E-state index contributed by atoms with van der Waals surface area (Å²) >= 11 is 0. The molecule has 0 aromatic rings. The summed E-state index contributed by atoms with van der Waals surface area (Å²) in [5, 5.41) is 9.16. The van der Waals surface area contributed by atoms with Crippen LogP contribution in [0.15, 0.2) is 0 Å². The fraction of sp³-hybridized carbons (Fsp3) is 0.941. The molecule has 1 saturated carbocycles. The second-order valence-corrected chi connectivity index (χ2v) is 8.04. The number of hydrogen-bond acceptors (Lipinski definition) is 2. The zero-order valence-electron chi connectivity index (χ0n) is 14.2. The molecule has 1 rings (SSSR count). The van der Waals surface area contributed by atoms with Crippen LogP contribution in [0.1, 0.15) is 73.6 Å². The van der Waals surface area contributed by atoms with Gasteiger partial charge in [-0.2, -0.15) is 0 Å². The smallest absolute Gasteiger partial charge is 0.317 e. The fourth-order valence-corrected chi connectivity index (χ4v) is 3.52. The Morgan fingerprint density at radius 2 is 1.60 bits per heavy atom. The highest BCUT2D eigenvalue weighted by Crippen LogP contribution is 2.42. The summed E-state index contributed by atoms with van der Waals surface area (Å²) in [6, 6.07) is 0.426. The molecular formula is C17H33NO2. The molecule has 0 aromatic heterocycles. The van der Waals surface area contributed by atoms with Gasteiger partial charge in [0.2, 0.25) is 0 Å². The molecule has 1 fully saturated rings. The molecule has 0 bridgehead atoms. The summed E-state index contributed by atoms with van der Waals surface area (Å²) in [5.74, 6) is 0.0753. The van der Waals surface area contributed by atoms with Crippen molar-refractivity contribution >= 4 is 5.97 Å². The summed E-state index contributed by atoms with van der Waals surface area (Å²) in [6.45, 7) is 13.6. The van der Waals surface area contributed by atoms with Crippen molar-refractivity contribution in [1.82, 2.24) is 4.90 Å². The van der Waals surface area contributed by atoms with Crippen LogP contribution in [0.4, 0.5) is 0 Å². The SMILES string of the molecule is CCC(C)(C)C1CCC(N(CC(=O)O)C(C)(C)C)CC1. The molecule has 0 amide bonds. The molecule has 0 aliphatic heterocycles. The Balaban J connectivity index is 2.68. The van der Waals surface area contributed by atoms with E-state index in [0.29, 0.717) is 11.5 Å². The highest BCUT2D eigenvalue weighted by atomic mass is 16.4. The van der Waals surface area contributed by atoms with Gasteiger partial charge in [-0.25, -0.2) is 0 Å². The first kappa shape index (κ1) is 17.5. The maximum absolute atomic E-state index is 11.1. The predicted molar refractivity (Wildman–Crippen MR) is 83.9 cm³/mol. The van der Waals surface area contributed by atoms with E-state index >= 15 is 0 Å². The second-order valence-electron chi connectivity index (χ2n) is 8.04. The first-order chi connectivity index (χ1) is 9.08. The second kappa shape index (κ2) is 6.46. The number of nitrogens with zero attached hydrogens (tertiary/aromatic N) is 1. The van der Waals surface area contributed by atoms with E-state index < -0.39 is 5.97 Å². The monoisotopic (exact) mass is 283 g/mol. The third-order valence-corrected chi connectivity index (χ3v) is 5.32. The lowest BCUT2D eigenvalue weighted by Crippen LogP contribution is -2.52. The largest absolute Gasteiger partial charge is 0.480 e. The van der Waals surface area contributed by atoms with E-state index in [9.17, 15) is 4.79 Å². The minimum atomic E-state index is -0.712. The van der Waals surface area contributed by atoms with Gasteiger partial charge < -0.3 is 5.11 Å². The maximum atomic E-state index is 11.1. The molecule has 0 radical (unpaired) electrons. The van der Waals surface area contributed by atoms with Crippen LogP contribution in [-0.2, 0) is 4.79 Å². The van der Waals surface area contributed by atoms with Gasteiger partial charge in [0.15, 0.2) is 0 Å². The minimum absolute atomic E-state index is 0.0732. The summed E-state index contributed by atoms with van der Waals surface area (Å²) in [4.78, 5) is 13.3. The first-order valence-corrected chi connectivity index (χ1v) is 8.06. The van der Waals surface area contributed by atoms with Crippen LogP contribution in [-0.4, -0.2) is 34.1 Å². The third kappa shape index (κ3) is 4.47. The Kier molecular flexibility index (Phi) is 5.65. The van der Waals surface area contributed by atoms with Gasteiger partial charge in [-0.1, -0.05) is 27.2 Å². The van der Waals surface area contributed by atoms with Gasteiger partial charge >= 0.3 is 5.97 Å². The van der Waals surface area contributed by atoms with E-state index in [-0.39, 0.29) is 12.1 Å². The molecular weight excluding hydrogens is 250 g/mol. The van der Waals surface area contributed by atoms with Crippen molar-refractivity contribution in [2.75, 3.05) is 6.54 Å². The van der Waals surface area contributed by atoms with Gasteiger partial charge in [0, 0.05) is 11.6 Å². The van der Waals surface area contributed by atoms with Gasteiger partial charge in [-0.15, -0.1) is 0 Å². The maximum Gasteiger partial charge on any atom is 0.317 e. The van der Waals surface area contributed by atoms with Crippen molar-refractivity contribution in [3.63, 3.8) is 0 Å². The molecule has 3 nitrogen and oxygen atoms in total. The predicted octanol–water partition coefficient (Wildman–Crippen LogP) is 4.17. The molecule has 1 aliphatic carbocycles. The van der Waals surface area contributed by atoms with Crippen LogP contribution in [0.2, 0.25) is 0 Å². The average molecular weight is 283 g/mol. The Bertz CT molecular complexity index is 322. The first-order valence-electron chi connectivity index (χ1n) is 8.06. The molecule has 0 heterocycles. The Hall–Kier alpha value is -0.570. The van der Waals surface area contributed by atoms with E-state index in [4.69, 9.17) is 5.11 Å². The van der Waals surface area contributed by atoms with Gasteiger partial charge in [-0.3, -0.25) is 9.69 Å². The quantitative estimate of drug-likeness (QED) is 0.823. The molecule has 3 heteroatoms. The fourth-order valence-electron chi connectivity index (χ4n) is 3.52. The van der Waals surface area contributed by atoms with Crippen LogP contribution in [0.25, 0.3) is 0 Å². The molecule has 20 heavy (non-hydrogen) atoms. The van der Waals surface area contributed by atoms with Crippen molar-refractivity contribution < 1.29 is 9.90 Å². The highest BCUT2D eigenvalue weighted by Gasteiger charge is 2.37. The number of carboxylic acid groups (broad SMARTS) is 1. The van der Waals surface area contributed by atoms with Crippen LogP contribution in [0.5, 0.6) is 0 Å². The van der Waals surface area contributed by atoms with Crippen molar-refractivity contribution in [3.05, 3.63) is 0 Å². The number of hydrogen-bond donors (Lipinski definition) is 1. The van der Waals surface area contributed by atoms with Crippen molar-refractivity contribution in [2.24, 2.45) is 11.3 Å². The Labute approximate surface area is 124 Å². The zero-order chi connectivity index (χ0) is 15.6.